The highest BCUT2D eigenvalue weighted by Crippen LogP contribution is 2.66. The van der Waals surface area contributed by atoms with E-state index >= 15 is 0 Å². The Kier molecular flexibility index (Phi) is 3.87. The minimum atomic E-state index is -0.134. The predicted molar refractivity (Wildman–Crippen MR) is 93.2 cm³/mol. The van der Waals surface area contributed by atoms with Gasteiger partial charge in [0.1, 0.15) is 0 Å². The summed E-state index contributed by atoms with van der Waals surface area (Å²) in [5.41, 5.74) is 1.94. The van der Waals surface area contributed by atoms with E-state index in [1.807, 2.05) is 0 Å². The first-order chi connectivity index (χ1) is 11.4. The van der Waals surface area contributed by atoms with Crippen molar-refractivity contribution in [1.82, 2.24) is 0 Å². The number of ether oxygens (including phenoxy) is 1. The summed E-state index contributed by atoms with van der Waals surface area (Å²) in [6, 6.07) is 0. The highest BCUT2D eigenvalue weighted by atomic mass is 16.5. The van der Waals surface area contributed by atoms with Crippen LogP contribution < -0.4 is 0 Å². The Labute approximate surface area is 145 Å². The second-order valence-electron chi connectivity index (χ2n) is 9.35. The minimum absolute atomic E-state index is 0.0116. The van der Waals surface area contributed by atoms with Gasteiger partial charge in [-0.05, 0) is 80.0 Å². The molecule has 0 bridgehead atoms. The first-order valence-electron chi connectivity index (χ1n) is 9.85. The third-order valence-electron chi connectivity index (χ3n) is 8.56. The van der Waals surface area contributed by atoms with Gasteiger partial charge in [0.2, 0.25) is 0 Å². The Morgan fingerprint density at radius 2 is 1.96 bits per heavy atom. The molecule has 3 heteroatoms. The van der Waals surface area contributed by atoms with Crippen LogP contribution in [-0.2, 0) is 9.53 Å². The van der Waals surface area contributed by atoms with Crippen LogP contribution in [0.4, 0.5) is 0 Å². The number of hydrogen-bond acceptors (Lipinski definition) is 3. The quantitative estimate of drug-likeness (QED) is 0.581. The normalized spacial score (nSPS) is 50.3. The van der Waals surface area contributed by atoms with Gasteiger partial charge >= 0.3 is 5.97 Å². The number of hydrogen-bond donors (Lipinski definition) is 1. The molecule has 0 aromatic heterocycles. The van der Waals surface area contributed by atoms with Gasteiger partial charge in [-0.2, -0.15) is 0 Å². The zero-order valence-electron chi connectivity index (χ0n) is 15.4. The molecule has 0 spiro atoms. The molecule has 1 N–H and O–H groups in total. The van der Waals surface area contributed by atoms with Crippen molar-refractivity contribution in [2.24, 2.45) is 34.5 Å². The first-order valence-corrected chi connectivity index (χ1v) is 9.85. The van der Waals surface area contributed by atoms with E-state index in [0.717, 1.165) is 44.4 Å². The van der Waals surface area contributed by atoms with E-state index in [0.29, 0.717) is 11.8 Å². The molecule has 0 heterocycles. The van der Waals surface area contributed by atoms with E-state index in [4.69, 9.17) is 4.74 Å². The molecule has 0 radical (unpaired) electrons. The average Bonchev–Trinajstić information content (AvgIpc) is 2.92. The van der Waals surface area contributed by atoms with E-state index in [-0.39, 0.29) is 28.8 Å². The molecule has 3 nitrogen and oxygen atoms in total. The number of allylic oxidation sites excluding steroid dienone is 1. The summed E-state index contributed by atoms with van der Waals surface area (Å²) >= 11 is 0. The van der Waals surface area contributed by atoms with Gasteiger partial charge in [0.05, 0.1) is 19.1 Å². The maximum atomic E-state index is 12.3. The standard InChI is InChI=1S/C21H32O3/c1-20-10-8-14(22)12-13(20)4-5-15-16-6-7-18(19(23)24-3)21(16,2)11-9-17(15)20/h4,14-18,22H,5-12H2,1-3H3/t14-,15+,16-,17-,18+,20-,21+/m0/s1. The van der Waals surface area contributed by atoms with Crippen LogP contribution in [0.15, 0.2) is 11.6 Å². The third-order valence-corrected chi connectivity index (χ3v) is 8.56. The van der Waals surface area contributed by atoms with Gasteiger partial charge in [-0.25, -0.2) is 0 Å². The van der Waals surface area contributed by atoms with Gasteiger partial charge in [-0.15, -0.1) is 0 Å². The second-order valence-corrected chi connectivity index (χ2v) is 9.35. The molecule has 0 aromatic carbocycles. The lowest BCUT2D eigenvalue weighted by Crippen LogP contribution is -2.51. The lowest BCUT2D eigenvalue weighted by molar-refractivity contribution is -0.152. The van der Waals surface area contributed by atoms with Crippen molar-refractivity contribution in [3.8, 4) is 0 Å². The number of rotatable bonds is 1. The summed E-state index contributed by atoms with van der Waals surface area (Å²) in [7, 11) is 1.54. The van der Waals surface area contributed by atoms with Gasteiger partial charge in [-0.1, -0.05) is 25.5 Å². The molecule has 0 aliphatic heterocycles. The SMILES string of the molecule is COC(=O)[C@H]1CC[C@H]2[C@H]3CC=C4C[C@@H](O)CC[C@]4(C)[C@H]3CC[C@@]12C. The molecule has 3 fully saturated rings. The van der Waals surface area contributed by atoms with Crippen molar-refractivity contribution in [2.75, 3.05) is 7.11 Å². The smallest absolute Gasteiger partial charge is 0.309 e. The monoisotopic (exact) mass is 332 g/mol. The Bertz CT molecular complexity index is 567. The van der Waals surface area contributed by atoms with E-state index in [1.54, 1.807) is 0 Å². The van der Waals surface area contributed by atoms with Crippen LogP contribution in [0.5, 0.6) is 0 Å². The van der Waals surface area contributed by atoms with E-state index in [2.05, 4.69) is 19.9 Å². The Morgan fingerprint density at radius 1 is 1.17 bits per heavy atom. The molecule has 4 aliphatic rings. The van der Waals surface area contributed by atoms with E-state index in [9.17, 15) is 9.90 Å². The second kappa shape index (κ2) is 5.59. The molecule has 0 unspecified atom stereocenters. The predicted octanol–water partition coefficient (Wildman–Crippen LogP) is 4.10. The van der Waals surface area contributed by atoms with Crippen molar-refractivity contribution in [2.45, 2.75) is 71.3 Å². The average molecular weight is 332 g/mol. The van der Waals surface area contributed by atoms with Crippen molar-refractivity contribution in [3.05, 3.63) is 11.6 Å². The van der Waals surface area contributed by atoms with Crippen LogP contribution in [0.1, 0.15) is 65.2 Å². The number of fused-ring (bicyclic) bond motifs is 5. The van der Waals surface area contributed by atoms with Crippen LogP contribution >= 0.6 is 0 Å². The molecular weight excluding hydrogens is 300 g/mol. The van der Waals surface area contributed by atoms with Crippen LogP contribution in [0.2, 0.25) is 0 Å². The van der Waals surface area contributed by atoms with Crippen LogP contribution in [0.25, 0.3) is 0 Å². The molecule has 4 rings (SSSR count). The molecule has 0 amide bonds. The fraction of sp³-hybridized carbons (Fsp3) is 0.857. The largest absolute Gasteiger partial charge is 0.469 e. The molecule has 3 saturated carbocycles. The zero-order valence-corrected chi connectivity index (χ0v) is 15.4. The van der Waals surface area contributed by atoms with E-state index in [1.165, 1.54) is 25.5 Å². The summed E-state index contributed by atoms with van der Waals surface area (Å²) in [5.74, 6) is 2.21. The highest BCUT2D eigenvalue weighted by molar-refractivity contribution is 5.73. The number of esters is 1. The van der Waals surface area contributed by atoms with Crippen molar-refractivity contribution in [3.63, 3.8) is 0 Å². The Hall–Kier alpha value is -0.830. The van der Waals surface area contributed by atoms with Crippen molar-refractivity contribution >= 4 is 5.97 Å². The Balaban J connectivity index is 1.64. The maximum Gasteiger partial charge on any atom is 0.309 e. The lowest BCUT2D eigenvalue weighted by atomic mass is 9.47. The number of methoxy groups -OCH3 is 1. The summed E-state index contributed by atoms with van der Waals surface area (Å²) in [4.78, 5) is 12.3. The summed E-state index contributed by atoms with van der Waals surface area (Å²) in [6.45, 7) is 4.81. The minimum Gasteiger partial charge on any atom is -0.469 e. The summed E-state index contributed by atoms with van der Waals surface area (Å²) < 4.78 is 5.12. The van der Waals surface area contributed by atoms with Gasteiger partial charge < -0.3 is 9.84 Å². The number of aliphatic hydroxyl groups excluding tert-OH is 1. The van der Waals surface area contributed by atoms with Crippen LogP contribution in [-0.4, -0.2) is 24.3 Å². The van der Waals surface area contributed by atoms with Gasteiger partial charge in [0.25, 0.3) is 0 Å². The number of carbonyl (C=O) groups excluding carboxylic acids is 1. The molecular formula is C21H32O3. The van der Waals surface area contributed by atoms with Gasteiger partial charge in [-0.3, -0.25) is 4.79 Å². The summed E-state index contributed by atoms with van der Waals surface area (Å²) in [5, 5.41) is 10.1. The molecule has 134 valence electrons. The van der Waals surface area contributed by atoms with Crippen molar-refractivity contribution < 1.29 is 14.6 Å². The number of carbonyl (C=O) groups is 1. The maximum absolute atomic E-state index is 12.3. The highest BCUT2D eigenvalue weighted by Gasteiger charge is 2.60. The molecule has 0 aromatic rings. The lowest BCUT2D eigenvalue weighted by Gasteiger charge is -2.57. The first kappa shape index (κ1) is 16.6. The van der Waals surface area contributed by atoms with Gasteiger partial charge in [0.15, 0.2) is 0 Å². The van der Waals surface area contributed by atoms with Crippen LogP contribution in [0, 0.1) is 34.5 Å². The molecule has 24 heavy (non-hydrogen) atoms. The van der Waals surface area contributed by atoms with Gasteiger partial charge in [0, 0.05) is 0 Å². The fourth-order valence-corrected chi connectivity index (χ4v) is 7.17. The topological polar surface area (TPSA) is 46.5 Å². The molecule has 4 aliphatic carbocycles. The number of aliphatic hydroxyl groups is 1. The van der Waals surface area contributed by atoms with Crippen molar-refractivity contribution in [1.29, 1.82) is 0 Å². The van der Waals surface area contributed by atoms with Crippen LogP contribution in [0.3, 0.4) is 0 Å². The third kappa shape index (κ3) is 2.16. The van der Waals surface area contributed by atoms with E-state index < -0.39 is 0 Å². The molecule has 7 atom stereocenters. The fourth-order valence-electron chi connectivity index (χ4n) is 7.17. The summed E-state index contributed by atoms with van der Waals surface area (Å²) in [6.07, 6.45) is 11.0. The molecule has 0 saturated heterocycles. The zero-order chi connectivity index (χ0) is 17.1. The Morgan fingerprint density at radius 3 is 2.71 bits per heavy atom.